The van der Waals surface area contributed by atoms with Gasteiger partial charge in [-0.25, -0.2) is 9.50 Å². The highest BCUT2D eigenvalue weighted by molar-refractivity contribution is 9.10. The molecule has 2 aromatic rings. The van der Waals surface area contributed by atoms with E-state index in [1.165, 1.54) is 0 Å². The maximum atomic E-state index is 5.53. The van der Waals surface area contributed by atoms with Crippen LogP contribution in [0.4, 0.5) is 5.82 Å². The average molecular weight is 297 g/mol. The number of anilines is 1. The van der Waals surface area contributed by atoms with E-state index in [0.717, 1.165) is 35.8 Å². The van der Waals surface area contributed by atoms with Crippen molar-refractivity contribution in [3.8, 4) is 0 Å². The smallest absolute Gasteiger partial charge is 0.154 e. The van der Waals surface area contributed by atoms with Crippen LogP contribution < -0.4 is 4.90 Å². The topological polar surface area (TPSA) is 42.7 Å². The Bertz CT molecular complexity index is 535. The second-order valence-electron chi connectivity index (χ2n) is 4.02. The Balaban J connectivity index is 1.80. The second-order valence-corrected chi connectivity index (χ2v) is 4.84. The summed E-state index contributed by atoms with van der Waals surface area (Å²) in [6.45, 7) is 4.63. The molecule has 0 aliphatic carbocycles. The van der Waals surface area contributed by atoms with Crippen LogP contribution in [0.25, 0.3) is 5.65 Å². The van der Waals surface area contributed by atoms with Gasteiger partial charge < -0.3 is 9.64 Å². The van der Waals surface area contributed by atoms with Crippen molar-refractivity contribution in [3.63, 3.8) is 0 Å². The van der Waals surface area contributed by atoms with Crippen molar-refractivity contribution >= 4 is 27.4 Å². The Morgan fingerprint density at radius 2 is 2.29 bits per heavy atom. The predicted molar refractivity (Wildman–Crippen MR) is 68.3 cm³/mol. The number of fused-ring (bicyclic) bond motifs is 1. The molecule has 17 heavy (non-hydrogen) atoms. The molecule has 0 N–H and O–H groups in total. The van der Waals surface area contributed by atoms with E-state index in [4.69, 9.17) is 4.74 Å². The first-order chi connectivity index (χ1) is 8.28. The lowest BCUT2D eigenvalue weighted by atomic mass is 10.1. The molecule has 0 bridgehead atoms. The molecular weight excluding hydrogens is 284 g/mol. The van der Waals surface area contributed by atoms with E-state index in [2.05, 4.69) is 30.9 Å². The van der Waals surface area contributed by atoms with E-state index in [0.29, 0.717) is 6.10 Å². The van der Waals surface area contributed by atoms with E-state index in [1.807, 2.05) is 19.1 Å². The Hall–Kier alpha value is -1.14. The molecule has 0 saturated carbocycles. The van der Waals surface area contributed by atoms with Gasteiger partial charge in [0.05, 0.1) is 12.3 Å². The van der Waals surface area contributed by atoms with E-state index >= 15 is 0 Å². The van der Waals surface area contributed by atoms with Gasteiger partial charge in [-0.3, -0.25) is 0 Å². The van der Waals surface area contributed by atoms with E-state index in [-0.39, 0.29) is 0 Å². The van der Waals surface area contributed by atoms with Gasteiger partial charge in [-0.2, -0.15) is 0 Å². The van der Waals surface area contributed by atoms with Crippen LogP contribution in [-0.2, 0) is 4.74 Å². The summed E-state index contributed by atoms with van der Waals surface area (Å²) in [5.74, 6) is 0.965. The maximum Gasteiger partial charge on any atom is 0.154 e. The number of aromatic nitrogens is 3. The van der Waals surface area contributed by atoms with E-state index in [9.17, 15) is 0 Å². The number of nitrogens with zero attached hydrogens (tertiary/aromatic N) is 4. The number of hydrogen-bond acceptors (Lipinski definition) is 4. The van der Waals surface area contributed by atoms with Crippen molar-refractivity contribution < 1.29 is 4.74 Å². The van der Waals surface area contributed by atoms with Gasteiger partial charge in [0.15, 0.2) is 5.65 Å². The fourth-order valence-electron chi connectivity index (χ4n) is 1.97. The molecule has 0 spiro atoms. The first-order valence-electron chi connectivity index (χ1n) is 5.65. The summed E-state index contributed by atoms with van der Waals surface area (Å²) < 4.78 is 8.19. The minimum Gasteiger partial charge on any atom is -0.375 e. The lowest BCUT2D eigenvalue weighted by Gasteiger charge is -2.39. The van der Waals surface area contributed by atoms with Crippen LogP contribution in [0.2, 0.25) is 0 Å². The summed E-state index contributed by atoms with van der Waals surface area (Å²) in [6, 6.07) is 3.97. The summed E-state index contributed by atoms with van der Waals surface area (Å²) in [6.07, 6.45) is 2.11. The molecule has 0 atom stereocenters. The average Bonchev–Trinajstić information content (AvgIpc) is 2.65. The fraction of sp³-hybridized carbons (Fsp3) is 0.455. The molecule has 0 amide bonds. The molecule has 1 fully saturated rings. The quantitative estimate of drug-likeness (QED) is 0.865. The summed E-state index contributed by atoms with van der Waals surface area (Å²) in [7, 11) is 0. The first-order valence-corrected chi connectivity index (χ1v) is 6.44. The molecule has 0 aromatic carbocycles. The third-order valence-corrected chi connectivity index (χ3v) is 3.42. The highest BCUT2D eigenvalue weighted by atomic mass is 79.9. The molecule has 1 aliphatic heterocycles. The van der Waals surface area contributed by atoms with Crippen molar-refractivity contribution in [2.75, 3.05) is 24.6 Å². The van der Waals surface area contributed by atoms with Crippen molar-refractivity contribution in [1.82, 2.24) is 14.6 Å². The van der Waals surface area contributed by atoms with Gasteiger partial charge in [0.1, 0.15) is 10.4 Å². The summed E-state index contributed by atoms with van der Waals surface area (Å²) in [5.41, 5.74) is 0.850. The zero-order valence-corrected chi connectivity index (χ0v) is 11.1. The number of imidazole rings is 1. The molecule has 0 unspecified atom stereocenters. The van der Waals surface area contributed by atoms with Crippen LogP contribution in [0.1, 0.15) is 6.92 Å². The fourth-order valence-corrected chi connectivity index (χ4v) is 2.33. The Morgan fingerprint density at radius 3 is 3.06 bits per heavy atom. The van der Waals surface area contributed by atoms with E-state index in [1.54, 1.807) is 10.7 Å². The predicted octanol–water partition coefficient (Wildman–Crippen LogP) is 1.72. The van der Waals surface area contributed by atoms with Crippen LogP contribution in [0.3, 0.4) is 0 Å². The molecule has 0 radical (unpaired) electrons. The third-order valence-electron chi connectivity index (χ3n) is 2.88. The lowest BCUT2D eigenvalue weighted by molar-refractivity contribution is 0.0426. The maximum absolute atomic E-state index is 5.53. The van der Waals surface area contributed by atoms with E-state index < -0.39 is 0 Å². The van der Waals surface area contributed by atoms with Crippen LogP contribution in [0, 0.1) is 0 Å². The Morgan fingerprint density at radius 1 is 1.47 bits per heavy atom. The minimum atomic E-state index is 0.351. The van der Waals surface area contributed by atoms with Gasteiger partial charge in [0.25, 0.3) is 0 Å². The Labute approximate surface area is 108 Å². The number of rotatable bonds is 3. The van der Waals surface area contributed by atoms with Crippen LogP contribution in [0.15, 0.2) is 22.9 Å². The summed E-state index contributed by atoms with van der Waals surface area (Å²) in [5, 5.41) is 4.53. The molecule has 1 saturated heterocycles. The number of ether oxygens (including phenoxy) is 1. The van der Waals surface area contributed by atoms with Crippen LogP contribution in [0.5, 0.6) is 0 Å². The summed E-state index contributed by atoms with van der Waals surface area (Å²) in [4.78, 5) is 6.42. The lowest BCUT2D eigenvalue weighted by Crippen LogP contribution is -2.52. The largest absolute Gasteiger partial charge is 0.375 e. The monoisotopic (exact) mass is 296 g/mol. The number of halogens is 1. The second kappa shape index (κ2) is 4.27. The van der Waals surface area contributed by atoms with Gasteiger partial charge in [-0.05, 0) is 35.0 Å². The van der Waals surface area contributed by atoms with Crippen molar-refractivity contribution in [2.45, 2.75) is 13.0 Å². The van der Waals surface area contributed by atoms with Crippen LogP contribution in [-0.4, -0.2) is 40.4 Å². The standard InChI is InChI=1S/C11H13BrN4O/c1-2-17-8-6-15(7-8)11-4-3-10-13-5-9(12)16(10)14-11/h3-5,8H,2,6-7H2,1H3. The third kappa shape index (κ3) is 1.91. The van der Waals surface area contributed by atoms with Crippen molar-refractivity contribution in [1.29, 1.82) is 0 Å². The van der Waals surface area contributed by atoms with Gasteiger partial charge >= 0.3 is 0 Å². The number of hydrogen-bond donors (Lipinski definition) is 0. The molecule has 90 valence electrons. The first kappa shape index (κ1) is 11.0. The van der Waals surface area contributed by atoms with Crippen molar-refractivity contribution in [3.05, 3.63) is 22.9 Å². The minimum absolute atomic E-state index is 0.351. The van der Waals surface area contributed by atoms with Gasteiger partial charge in [0, 0.05) is 19.7 Å². The highest BCUT2D eigenvalue weighted by Gasteiger charge is 2.28. The highest BCUT2D eigenvalue weighted by Crippen LogP contribution is 2.21. The van der Waals surface area contributed by atoms with Gasteiger partial charge in [-0.1, -0.05) is 0 Å². The van der Waals surface area contributed by atoms with Gasteiger partial charge in [0.2, 0.25) is 0 Å². The molecule has 2 aromatic heterocycles. The Kier molecular flexibility index (Phi) is 2.76. The van der Waals surface area contributed by atoms with Crippen LogP contribution >= 0.6 is 15.9 Å². The molecule has 3 heterocycles. The zero-order chi connectivity index (χ0) is 11.8. The molecule has 5 nitrogen and oxygen atoms in total. The molecule has 3 rings (SSSR count). The van der Waals surface area contributed by atoms with Crippen molar-refractivity contribution in [2.24, 2.45) is 0 Å². The SMILES string of the molecule is CCOC1CN(c2ccc3ncc(Br)n3n2)C1. The molecule has 1 aliphatic rings. The van der Waals surface area contributed by atoms with Gasteiger partial charge in [-0.15, -0.1) is 5.10 Å². The summed E-state index contributed by atoms with van der Waals surface area (Å²) >= 11 is 3.42. The molecular formula is C11H13BrN4O. The zero-order valence-electron chi connectivity index (χ0n) is 9.51. The normalized spacial score (nSPS) is 16.5. The molecule has 6 heteroatoms.